The fourth-order valence-corrected chi connectivity index (χ4v) is 2.26. The van der Waals surface area contributed by atoms with Crippen molar-refractivity contribution >= 4 is 5.97 Å². The minimum atomic E-state index is -1.32. The van der Waals surface area contributed by atoms with Crippen molar-refractivity contribution < 1.29 is 23.7 Å². The van der Waals surface area contributed by atoms with E-state index < -0.39 is 12.1 Å². The van der Waals surface area contributed by atoms with Gasteiger partial charge < -0.3 is 18.9 Å². The third-order valence-corrected chi connectivity index (χ3v) is 3.38. The van der Waals surface area contributed by atoms with E-state index >= 15 is 0 Å². The normalized spacial score (nSPS) is 13.2. The average Bonchev–Trinajstić information content (AvgIpc) is 2.44. The van der Waals surface area contributed by atoms with Crippen LogP contribution in [0, 0.1) is 0 Å². The highest BCUT2D eigenvalue weighted by molar-refractivity contribution is 5.66. The van der Waals surface area contributed by atoms with Gasteiger partial charge in [-0.25, -0.2) is 0 Å². The Labute approximate surface area is 122 Å². The van der Waals surface area contributed by atoms with Gasteiger partial charge in [0.15, 0.2) is 6.10 Å². The van der Waals surface area contributed by atoms with Crippen molar-refractivity contribution in [2.75, 3.05) is 21.3 Å². The lowest BCUT2D eigenvalue weighted by molar-refractivity contribution is -0.389. The summed E-state index contributed by atoms with van der Waals surface area (Å²) in [5, 5.41) is 0. The fourth-order valence-electron chi connectivity index (χ4n) is 2.26. The Morgan fingerprint density at radius 2 is 1.45 bits per heavy atom. The predicted octanol–water partition coefficient (Wildman–Crippen LogP) is 3.26. The van der Waals surface area contributed by atoms with Gasteiger partial charge in [0, 0.05) is 28.3 Å². The topological polar surface area (TPSA) is 54.0 Å². The molecule has 20 heavy (non-hydrogen) atoms. The van der Waals surface area contributed by atoms with Crippen LogP contribution in [0.3, 0.4) is 0 Å². The lowest BCUT2D eigenvalue weighted by Gasteiger charge is -2.35. The van der Waals surface area contributed by atoms with E-state index in [0.29, 0.717) is 6.42 Å². The lowest BCUT2D eigenvalue weighted by atomic mass is 10.1. The Balaban J connectivity index is 4.37. The molecule has 0 rings (SSSR count). The van der Waals surface area contributed by atoms with Crippen molar-refractivity contribution in [3.05, 3.63) is 0 Å². The maximum atomic E-state index is 11.2. The molecule has 0 saturated heterocycles. The molecule has 0 heterocycles. The molecule has 0 N–H and O–H groups in total. The Morgan fingerprint density at radius 3 is 1.90 bits per heavy atom. The molecule has 0 aromatic heterocycles. The number of hydrogen-bond donors (Lipinski definition) is 0. The molecule has 0 aromatic carbocycles. The molecule has 1 unspecified atom stereocenters. The summed E-state index contributed by atoms with van der Waals surface area (Å²) in [4.78, 5) is 11.2. The van der Waals surface area contributed by atoms with Crippen molar-refractivity contribution in [3.63, 3.8) is 0 Å². The van der Waals surface area contributed by atoms with Crippen LogP contribution >= 0.6 is 0 Å². The van der Waals surface area contributed by atoms with Crippen LogP contribution in [0.15, 0.2) is 0 Å². The zero-order valence-corrected chi connectivity index (χ0v) is 13.6. The van der Waals surface area contributed by atoms with Gasteiger partial charge in [-0.3, -0.25) is 4.79 Å². The number of carbonyl (C=O) groups is 1. The van der Waals surface area contributed by atoms with Crippen LogP contribution in [0.2, 0.25) is 0 Å². The number of rotatable bonds is 12. The van der Waals surface area contributed by atoms with Crippen LogP contribution in [0.4, 0.5) is 0 Å². The van der Waals surface area contributed by atoms with Crippen LogP contribution in [0.1, 0.15) is 58.8 Å². The van der Waals surface area contributed by atoms with Crippen LogP contribution in [-0.2, 0) is 23.7 Å². The summed E-state index contributed by atoms with van der Waals surface area (Å²) >= 11 is 0. The van der Waals surface area contributed by atoms with Gasteiger partial charge in [-0.05, 0) is 12.8 Å². The third kappa shape index (κ3) is 6.68. The molecule has 120 valence electrons. The first-order valence-corrected chi connectivity index (χ1v) is 7.39. The summed E-state index contributed by atoms with van der Waals surface area (Å²) in [6.45, 7) is 3.57. The van der Waals surface area contributed by atoms with Gasteiger partial charge in [0.25, 0.3) is 0 Å². The van der Waals surface area contributed by atoms with Gasteiger partial charge in [0.05, 0.1) is 0 Å². The van der Waals surface area contributed by atoms with Crippen LogP contribution in [0.5, 0.6) is 0 Å². The van der Waals surface area contributed by atoms with Crippen molar-refractivity contribution in [1.29, 1.82) is 0 Å². The SMILES string of the molecule is CCCCCCCCC(OC(C)=O)C(OC)(OC)OC. The summed E-state index contributed by atoms with van der Waals surface area (Å²) in [6.07, 6.45) is 7.08. The number of carbonyl (C=O) groups excluding carboxylic acids is 1. The molecule has 0 saturated carbocycles. The molecule has 0 amide bonds. The maximum Gasteiger partial charge on any atom is 0.321 e. The van der Waals surface area contributed by atoms with Crippen molar-refractivity contribution in [2.24, 2.45) is 0 Å². The zero-order chi connectivity index (χ0) is 15.4. The second-order valence-corrected chi connectivity index (χ2v) is 4.87. The van der Waals surface area contributed by atoms with Gasteiger partial charge in [0.1, 0.15) is 0 Å². The first kappa shape index (κ1) is 19.4. The molecule has 0 spiro atoms. The Bertz CT molecular complexity index is 242. The van der Waals surface area contributed by atoms with Gasteiger partial charge in [-0.15, -0.1) is 0 Å². The van der Waals surface area contributed by atoms with Crippen molar-refractivity contribution in [1.82, 2.24) is 0 Å². The van der Waals surface area contributed by atoms with E-state index in [4.69, 9.17) is 18.9 Å². The van der Waals surface area contributed by atoms with E-state index in [1.54, 1.807) is 0 Å². The van der Waals surface area contributed by atoms with Crippen LogP contribution < -0.4 is 0 Å². The van der Waals surface area contributed by atoms with Crippen LogP contribution in [-0.4, -0.2) is 39.4 Å². The summed E-state index contributed by atoms with van der Waals surface area (Å²) in [5.74, 6) is -1.69. The Hall–Kier alpha value is -0.650. The molecule has 0 aromatic rings. The number of unbranched alkanes of at least 4 members (excludes halogenated alkanes) is 5. The predicted molar refractivity (Wildman–Crippen MR) is 77.3 cm³/mol. The largest absolute Gasteiger partial charge is 0.454 e. The van der Waals surface area contributed by atoms with E-state index in [0.717, 1.165) is 12.8 Å². The molecule has 0 bridgehead atoms. The zero-order valence-electron chi connectivity index (χ0n) is 13.6. The van der Waals surface area contributed by atoms with Gasteiger partial charge in [-0.1, -0.05) is 39.0 Å². The van der Waals surface area contributed by atoms with Crippen molar-refractivity contribution in [2.45, 2.75) is 70.9 Å². The summed E-state index contributed by atoms with van der Waals surface area (Å²) in [6, 6.07) is 0. The third-order valence-electron chi connectivity index (χ3n) is 3.38. The van der Waals surface area contributed by atoms with E-state index in [1.165, 1.54) is 53.9 Å². The smallest absolute Gasteiger partial charge is 0.321 e. The molecule has 0 aliphatic carbocycles. The Kier molecular flexibility index (Phi) is 10.7. The molecule has 0 aliphatic heterocycles. The first-order chi connectivity index (χ1) is 9.56. The molecule has 5 nitrogen and oxygen atoms in total. The van der Waals surface area contributed by atoms with E-state index in [9.17, 15) is 4.79 Å². The maximum absolute atomic E-state index is 11.2. The Morgan fingerprint density at radius 1 is 0.950 bits per heavy atom. The first-order valence-electron chi connectivity index (χ1n) is 7.39. The highest BCUT2D eigenvalue weighted by Gasteiger charge is 2.42. The number of ether oxygens (including phenoxy) is 4. The number of hydrogen-bond acceptors (Lipinski definition) is 5. The highest BCUT2D eigenvalue weighted by Crippen LogP contribution is 2.25. The molecule has 0 radical (unpaired) electrons. The van der Waals surface area contributed by atoms with E-state index in [1.807, 2.05) is 0 Å². The molecular weight excluding hydrogens is 260 g/mol. The van der Waals surface area contributed by atoms with Gasteiger partial charge in [-0.2, -0.15) is 0 Å². The average molecular weight is 290 g/mol. The molecule has 1 atom stereocenters. The molecule has 0 fully saturated rings. The van der Waals surface area contributed by atoms with Gasteiger partial charge >= 0.3 is 11.9 Å². The monoisotopic (exact) mass is 290 g/mol. The molecule has 0 aliphatic rings. The second kappa shape index (κ2) is 11.1. The lowest BCUT2D eigenvalue weighted by Crippen LogP contribution is -2.49. The van der Waals surface area contributed by atoms with E-state index in [2.05, 4.69) is 6.92 Å². The fraction of sp³-hybridized carbons (Fsp3) is 0.933. The highest BCUT2D eigenvalue weighted by atomic mass is 16.9. The summed E-state index contributed by atoms with van der Waals surface area (Å²) in [5.41, 5.74) is 0. The number of methoxy groups -OCH3 is 3. The molecular formula is C15H30O5. The summed E-state index contributed by atoms with van der Waals surface area (Å²) < 4.78 is 21.1. The summed E-state index contributed by atoms with van der Waals surface area (Å²) in [7, 11) is 4.43. The van der Waals surface area contributed by atoms with Crippen molar-refractivity contribution in [3.8, 4) is 0 Å². The van der Waals surface area contributed by atoms with Crippen LogP contribution in [0.25, 0.3) is 0 Å². The quantitative estimate of drug-likeness (QED) is 0.314. The standard InChI is InChI=1S/C15H30O5/c1-6-7-8-9-10-11-12-14(20-13(2)16)15(17-3,18-4)19-5/h14H,6-12H2,1-5H3. The second-order valence-electron chi connectivity index (χ2n) is 4.87. The number of esters is 1. The van der Waals surface area contributed by atoms with Gasteiger partial charge in [0.2, 0.25) is 0 Å². The minimum Gasteiger partial charge on any atom is -0.454 e. The van der Waals surface area contributed by atoms with E-state index in [-0.39, 0.29) is 5.97 Å². The molecule has 5 heteroatoms. The minimum absolute atomic E-state index is 0.364.